The number of nitrogens with zero attached hydrogens (tertiary/aromatic N) is 1. The SMILES string of the molecule is CCCCOc1ccc(C=Nc2ccc3oc(=O)ccc3c2)c(O)c1. The Hall–Kier alpha value is -3.08. The summed E-state index contributed by atoms with van der Waals surface area (Å²) in [5.41, 5.74) is 1.43. The zero-order valence-corrected chi connectivity index (χ0v) is 13.9. The van der Waals surface area contributed by atoms with E-state index in [1.807, 2.05) is 12.1 Å². The highest BCUT2D eigenvalue weighted by Gasteiger charge is 2.02. The maximum absolute atomic E-state index is 11.2. The number of rotatable bonds is 6. The number of unbranched alkanes of at least 4 members (excludes halogenated alkanes) is 1. The minimum Gasteiger partial charge on any atom is -0.507 e. The van der Waals surface area contributed by atoms with Gasteiger partial charge in [-0.2, -0.15) is 0 Å². The maximum Gasteiger partial charge on any atom is 0.336 e. The second kappa shape index (κ2) is 7.66. The highest BCUT2D eigenvalue weighted by molar-refractivity contribution is 5.87. The molecule has 0 unspecified atom stereocenters. The van der Waals surface area contributed by atoms with Crippen LogP contribution >= 0.6 is 0 Å². The number of aliphatic imine (C=N–C) groups is 1. The quantitative estimate of drug-likeness (QED) is 0.410. The van der Waals surface area contributed by atoms with Gasteiger partial charge >= 0.3 is 5.63 Å². The van der Waals surface area contributed by atoms with Gasteiger partial charge in [0.2, 0.25) is 0 Å². The van der Waals surface area contributed by atoms with Crippen molar-refractivity contribution in [3.05, 3.63) is 64.5 Å². The molecule has 0 atom stereocenters. The van der Waals surface area contributed by atoms with Crippen molar-refractivity contribution in [3.8, 4) is 11.5 Å². The zero-order chi connectivity index (χ0) is 17.6. The predicted molar refractivity (Wildman–Crippen MR) is 98.2 cm³/mol. The molecule has 0 bridgehead atoms. The van der Waals surface area contributed by atoms with Gasteiger partial charge in [0.05, 0.1) is 12.3 Å². The molecule has 0 spiro atoms. The van der Waals surface area contributed by atoms with Crippen LogP contribution < -0.4 is 10.4 Å². The number of fused-ring (bicyclic) bond motifs is 1. The van der Waals surface area contributed by atoms with E-state index in [2.05, 4.69) is 11.9 Å². The van der Waals surface area contributed by atoms with E-state index in [9.17, 15) is 9.90 Å². The predicted octanol–water partition coefficient (Wildman–Crippen LogP) is 4.43. The van der Waals surface area contributed by atoms with Crippen molar-refractivity contribution in [2.24, 2.45) is 4.99 Å². The number of phenols is 1. The molecule has 1 heterocycles. The summed E-state index contributed by atoms with van der Waals surface area (Å²) < 4.78 is 10.7. The van der Waals surface area contributed by atoms with Crippen molar-refractivity contribution in [1.82, 2.24) is 0 Å². The number of phenolic OH excluding ortho intramolecular Hbond substituents is 1. The Balaban J connectivity index is 1.77. The number of benzene rings is 2. The molecule has 0 radical (unpaired) electrons. The number of hydrogen-bond donors (Lipinski definition) is 1. The fraction of sp³-hybridized carbons (Fsp3) is 0.200. The van der Waals surface area contributed by atoms with Crippen molar-refractivity contribution in [1.29, 1.82) is 0 Å². The highest BCUT2D eigenvalue weighted by Crippen LogP contribution is 2.24. The van der Waals surface area contributed by atoms with Crippen molar-refractivity contribution >= 4 is 22.9 Å². The summed E-state index contributed by atoms with van der Waals surface area (Å²) in [6.07, 6.45) is 3.63. The van der Waals surface area contributed by atoms with Gasteiger partial charge in [0, 0.05) is 29.3 Å². The molecule has 5 heteroatoms. The molecule has 0 saturated carbocycles. The van der Waals surface area contributed by atoms with Gasteiger partial charge in [0.25, 0.3) is 0 Å². The van der Waals surface area contributed by atoms with Crippen LogP contribution in [0.1, 0.15) is 25.3 Å². The van der Waals surface area contributed by atoms with E-state index in [-0.39, 0.29) is 11.4 Å². The Morgan fingerprint density at radius 2 is 2.04 bits per heavy atom. The lowest BCUT2D eigenvalue weighted by Gasteiger charge is -2.06. The Labute approximate surface area is 145 Å². The molecular weight excluding hydrogens is 318 g/mol. The maximum atomic E-state index is 11.2. The summed E-state index contributed by atoms with van der Waals surface area (Å²) >= 11 is 0. The molecule has 5 nitrogen and oxygen atoms in total. The third kappa shape index (κ3) is 4.26. The van der Waals surface area contributed by atoms with Crippen LogP contribution in [0.15, 0.2) is 62.7 Å². The minimum absolute atomic E-state index is 0.115. The normalized spacial score (nSPS) is 11.2. The highest BCUT2D eigenvalue weighted by atomic mass is 16.5. The molecule has 0 aliphatic carbocycles. The molecule has 0 amide bonds. The zero-order valence-electron chi connectivity index (χ0n) is 13.9. The van der Waals surface area contributed by atoms with Crippen LogP contribution in [0.25, 0.3) is 11.0 Å². The molecule has 3 aromatic rings. The van der Waals surface area contributed by atoms with Crippen LogP contribution in [0.5, 0.6) is 11.5 Å². The number of aromatic hydroxyl groups is 1. The monoisotopic (exact) mass is 337 g/mol. The first-order valence-electron chi connectivity index (χ1n) is 8.19. The molecule has 128 valence electrons. The van der Waals surface area contributed by atoms with E-state index in [0.29, 0.717) is 29.2 Å². The van der Waals surface area contributed by atoms with Gasteiger partial charge < -0.3 is 14.3 Å². The smallest absolute Gasteiger partial charge is 0.336 e. The first-order valence-corrected chi connectivity index (χ1v) is 8.19. The van der Waals surface area contributed by atoms with E-state index < -0.39 is 0 Å². The Morgan fingerprint density at radius 1 is 1.16 bits per heavy atom. The topological polar surface area (TPSA) is 72.0 Å². The van der Waals surface area contributed by atoms with Crippen LogP contribution in [0, 0.1) is 0 Å². The molecule has 0 aliphatic heterocycles. The van der Waals surface area contributed by atoms with Crippen LogP contribution in [0.3, 0.4) is 0 Å². The van der Waals surface area contributed by atoms with Gasteiger partial charge in [-0.1, -0.05) is 13.3 Å². The molecule has 2 aromatic carbocycles. The second-order valence-electron chi connectivity index (χ2n) is 5.66. The van der Waals surface area contributed by atoms with Crippen LogP contribution in [0.4, 0.5) is 5.69 Å². The molecular formula is C20H19NO4. The van der Waals surface area contributed by atoms with Gasteiger partial charge in [0.15, 0.2) is 0 Å². The fourth-order valence-corrected chi connectivity index (χ4v) is 2.34. The summed E-state index contributed by atoms with van der Waals surface area (Å²) in [6.45, 7) is 2.73. The standard InChI is InChI=1S/C20H19NO4/c1-2-3-10-24-17-7-4-15(18(22)12-17)13-21-16-6-8-19-14(11-16)5-9-20(23)25-19/h4-9,11-13,22H,2-3,10H2,1H3. The van der Waals surface area contributed by atoms with Crippen molar-refractivity contribution in [3.63, 3.8) is 0 Å². The molecule has 0 saturated heterocycles. The Kier molecular flexibility index (Phi) is 5.14. The fourth-order valence-electron chi connectivity index (χ4n) is 2.34. The van der Waals surface area contributed by atoms with Crippen LogP contribution in [0.2, 0.25) is 0 Å². The molecule has 0 aliphatic rings. The number of hydrogen-bond acceptors (Lipinski definition) is 5. The van der Waals surface area contributed by atoms with E-state index in [1.165, 1.54) is 6.07 Å². The minimum atomic E-state index is -0.380. The summed E-state index contributed by atoms with van der Waals surface area (Å²) in [5, 5.41) is 10.9. The van der Waals surface area contributed by atoms with Gasteiger partial charge in [0.1, 0.15) is 17.1 Å². The molecule has 25 heavy (non-hydrogen) atoms. The van der Waals surface area contributed by atoms with Gasteiger partial charge in [-0.3, -0.25) is 4.99 Å². The largest absolute Gasteiger partial charge is 0.507 e. The Bertz CT molecular complexity index is 959. The Morgan fingerprint density at radius 3 is 2.84 bits per heavy atom. The van der Waals surface area contributed by atoms with Crippen LogP contribution in [-0.4, -0.2) is 17.9 Å². The molecule has 0 fully saturated rings. The third-order valence-electron chi connectivity index (χ3n) is 3.72. The summed E-state index contributed by atoms with van der Waals surface area (Å²) in [4.78, 5) is 15.6. The van der Waals surface area contributed by atoms with Gasteiger partial charge in [-0.05, 0) is 42.8 Å². The first-order chi connectivity index (χ1) is 12.2. The summed E-state index contributed by atoms with van der Waals surface area (Å²) in [7, 11) is 0. The lowest BCUT2D eigenvalue weighted by molar-refractivity contribution is 0.307. The second-order valence-corrected chi connectivity index (χ2v) is 5.66. The molecule has 1 aromatic heterocycles. The average molecular weight is 337 g/mol. The summed E-state index contributed by atoms with van der Waals surface area (Å²) in [5.74, 6) is 0.758. The van der Waals surface area contributed by atoms with Crippen molar-refractivity contribution in [2.75, 3.05) is 6.61 Å². The lowest BCUT2D eigenvalue weighted by atomic mass is 10.2. The van der Waals surface area contributed by atoms with E-state index >= 15 is 0 Å². The van der Waals surface area contributed by atoms with E-state index in [0.717, 1.165) is 18.2 Å². The number of ether oxygens (including phenoxy) is 1. The van der Waals surface area contributed by atoms with Gasteiger partial charge in [-0.15, -0.1) is 0 Å². The van der Waals surface area contributed by atoms with Crippen molar-refractivity contribution in [2.45, 2.75) is 19.8 Å². The summed E-state index contributed by atoms with van der Waals surface area (Å²) in [6, 6.07) is 13.5. The van der Waals surface area contributed by atoms with Crippen LogP contribution in [-0.2, 0) is 0 Å². The van der Waals surface area contributed by atoms with Gasteiger partial charge in [-0.25, -0.2) is 4.79 Å². The van der Waals surface area contributed by atoms with Crippen molar-refractivity contribution < 1.29 is 14.3 Å². The lowest BCUT2D eigenvalue weighted by Crippen LogP contribution is -1.96. The average Bonchev–Trinajstić information content (AvgIpc) is 2.61. The van der Waals surface area contributed by atoms with E-state index in [4.69, 9.17) is 9.15 Å². The molecule has 1 N–H and O–H groups in total. The van der Waals surface area contributed by atoms with E-state index in [1.54, 1.807) is 36.5 Å². The molecule has 3 rings (SSSR count). The first kappa shape index (κ1) is 16.8. The third-order valence-corrected chi connectivity index (χ3v) is 3.72.